The number of hydrogen-bond donors (Lipinski definition) is 3. The molecule has 3 aromatic rings. The first-order valence-corrected chi connectivity index (χ1v) is 12.3. The van der Waals surface area contributed by atoms with Gasteiger partial charge in [0.2, 0.25) is 5.95 Å². The topological polar surface area (TPSA) is 109 Å². The molecule has 3 N–H and O–H groups in total. The lowest BCUT2D eigenvalue weighted by Gasteiger charge is -2.30. The minimum atomic E-state index is -0.385. The Morgan fingerprint density at radius 3 is 2.68 bits per heavy atom. The van der Waals surface area contributed by atoms with E-state index < -0.39 is 0 Å². The third kappa shape index (κ3) is 5.26. The van der Waals surface area contributed by atoms with Crippen molar-refractivity contribution >= 4 is 45.8 Å². The SMILES string of the molecule is Cc1cc(CN[C@H]2CC[C@H](Nc3nccc(C=C4SC(=O)NC4=O)n3)CC2)c2ccccc2n1. The number of nitrogens with one attached hydrogen (secondary N) is 3. The fourth-order valence-electron chi connectivity index (χ4n) is 4.50. The molecule has 1 saturated heterocycles. The molecule has 0 bridgehead atoms. The molecule has 3 heterocycles. The zero-order valence-corrected chi connectivity index (χ0v) is 19.7. The van der Waals surface area contributed by atoms with Crippen LogP contribution in [0.25, 0.3) is 17.0 Å². The van der Waals surface area contributed by atoms with Crippen LogP contribution in [0, 0.1) is 6.92 Å². The van der Waals surface area contributed by atoms with Gasteiger partial charge in [0.05, 0.1) is 16.1 Å². The van der Waals surface area contributed by atoms with Crippen LogP contribution < -0.4 is 16.0 Å². The number of hydrogen-bond acceptors (Lipinski definition) is 8. The van der Waals surface area contributed by atoms with Crippen LogP contribution in [-0.2, 0) is 11.3 Å². The number of pyridine rings is 1. The molecule has 9 heteroatoms. The molecule has 2 fully saturated rings. The van der Waals surface area contributed by atoms with Crippen LogP contribution in [0.5, 0.6) is 0 Å². The van der Waals surface area contributed by atoms with Crippen LogP contribution in [0.3, 0.4) is 0 Å². The van der Waals surface area contributed by atoms with Crippen LogP contribution in [0.4, 0.5) is 10.7 Å². The molecule has 2 aromatic heterocycles. The van der Waals surface area contributed by atoms with Gasteiger partial charge in [-0.2, -0.15) is 0 Å². The Hall–Kier alpha value is -3.30. The summed E-state index contributed by atoms with van der Waals surface area (Å²) in [6.07, 6.45) is 7.47. The number of aryl methyl sites for hydroxylation is 1. The number of imide groups is 1. The normalized spacial score (nSPS) is 21.7. The molecule has 5 rings (SSSR count). The highest BCUT2D eigenvalue weighted by Crippen LogP contribution is 2.26. The van der Waals surface area contributed by atoms with Gasteiger partial charge in [-0.25, -0.2) is 9.97 Å². The molecule has 0 spiro atoms. The van der Waals surface area contributed by atoms with Gasteiger partial charge in [0, 0.05) is 35.9 Å². The van der Waals surface area contributed by atoms with E-state index in [1.54, 1.807) is 18.3 Å². The molecule has 1 aliphatic carbocycles. The summed E-state index contributed by atoms with van der Waals surface area (Å²) in [5.74, 6) is 0.156. The molecule has 0 atom stereocenters. The summed E-state index contributed by atoms with van der Waals surface area (Å²) in [6, 6.07) is 13.0. The van der Waals surface area contributed by atoms with E-state index in [4.69, 9.17) is 0 Å². The van der Waals surface area contributed by atoms with E-state index in [1.165, 1.54) is 10.9 Å². The second-order valence-electron chi connectivity index (χ2n) is 8.67. The van der Waals surface area contributed by atoms with Crippen molar-refractivity contribution in [3.63, 3.8) is 0 Å². The van der Waals surface area contributed by atoms with Gasteiger partial charge in [-0.15, -0.1) is 0 Å². The minimum absolute atomic E-state index is 0.302. The number of fused-ring (bicyclic) bond motifs is 1. The summed E-state index contributed by atoms with van der Waals surface area (Å²) in [7, 11) is 0. The molecule has 174 valence electrons. The van der Waals surface area contributed by atoms with Crippen molar-refractivity contribution in [3.05, 3.63) is 64.5 Å². The highest BCUT2D eigenvalue weighted by Gasteiger charge is 2.25. The first-order chi connectivity index (χ1) is 16.5. The first kappa shape index (κ1) is 22.5. The summed E-state index contributed by atoms with van der Waals surface area (Å²) in [5.41, 5.74) is 3.97. The van der Waals surface area contributed by atoms with Crippen molar-refractivity contribution in [2.24, 2.45) is 0 Å². The molecule has 0 radical (unpaired) electrons. The molecular weight excluding hydrogens is 448 g/mol. The molecular formula is C25H26N6O2S. The van der Waals surface area contributed by atoms with Gasteiger partial charge in [-0.1, -0.05) is 18.2 Å². The lowest BCUT2D eigenvalue weighted by molar-refractivity contribution is -0.115. The van der Waals surface area contributed by atoms with Gasteiger partial charge in [0.25, 0.3) is 11.1 Å². The molecule has 1 saturated carbocycles. The first-order valence-electron chi connectivity index (χ1n) is 11.5. The second kappa shape index (κ2) is 9.90. The van der Waals surface area contributed by atoms with E-state index in [0.29, 0.717) is 28.6 Å². The average molecular weight is 475 g/mol. The Morgan fingerprint density at radius 1 is 1.09 bits per heavy atom. The Balaban J connectivity index is 1.15. The number of benzene rings is 1. The zero-order chi connectivity index (χ0) is 23.5. The average Bonchev–Trinajstić information content (AvgIpc) is 3.14. The number of aromatic nitrogens is 3. The van der Waals surface area contributed by atoms with Gasteiger partial charge in [0.1, 0.15) is 0 Å². The van der Waals surface area contributed by atoms with E-state index in [1.807, 2.05) is 13.0 Å². The second-order valence-corrected chi connectivity index (χ2v) is 9.69. The third-order valence-electron chi connectivity index (χ3n) is 6.17. The summed E-state index contributed by atoms with van der Waals surface area (Å²) in [4.78, 5) is 36.9. The largest absolute Gasteiger partial charge is 0.351 e. The van der Waals surface area contributed by atoms with Crippen LogP contribution in [0.1, 0.15) is 42.6 Å². The van der Waals surface area contributed by atoms with E-state index in [0.717, 1.165) is 55.2 Å². The summed E-state index contributed by atoms with van der Waals surface area (Å²) in [5, 5.41) is 10.3. The predicted octanol–water partition coefficient (Wildman–Crippen LogP) is 4.17. The molecule has 2 aliphatic rings. The van der Waals surface area contributed by atoms with Gasteiger partial charge in [-0.3, -0.25) is 19.9 Å². The van der Waals surface area contributed by atoms with E-state index in [9.17, 15) is 9.59 Å². The van der Waals surface area contributed by atoms with Crippen molar-refractivity contribution in [2.75, 3.05) is 5.32 Å². The monoisotopic (exact) mass is 474 g/mol. The molecule has 1 aromatic carbocycles. The number of rotatable bonds is 6. The van der Waals surface area contributed by atoms with E-state index >= 15 is 0 Å². The molecule has 34 heavy (non-hydrogen) atoms. The highest BCUT2D eigenvalue weighted by molar-refractivity contribution is 8.18. The van der Waals surface area contributed by atoms with Crippen molar-refractivity contribution in [1.29, 1.82) is 0 Å². The van der Waals surface area contributed by atoms with Gasteiger partial charge in [-0.05, 0) is 74.2 Å². The standard InChI is InChI=1S/C25H26N6O2S/c1-15-12-16(20-4-2-3-5-21(20)28-15)14-27-17-6-8-18(9-7-17)29-24-26-11-10-19(30-24)13-22-23(32)31-25(33)34-22/h2-5,10-13,17-18,27H,6-9,14H2,1H3,(H,26,29,30)(H,31,32,33)/t17-,18-. The lowest BCUT2D eigenvalue weighted by atomic mass is 9.91. The molecule has 2 amide bonds. The molecule has 1 aliphatic heterocycles. The Bertz CT molecular complexity index is 1270. The van der Waals surface area contributed by atoms with Crippen molar-refractivity contribution in [2.45, 2.75) is 51.2 Å². The van der Waals surface area contributed by atoms with Gasteiger partial charge < -0.3 is 10.6 Å². The van der Waals surface area contributed by atoms with Crippen LogP contribution >= 0.6 is 11.8 Å². The number of anilines is 1. The fraction of sp³-hybridized carbons (Fsp3) is 0.320. The number of para-hydroxylation sites is 1. The maximum atomic E-state index is 11.8. The smallest absolute Gasteiger partial charge is 0.290 e. The minimum Gasteiger partial charge on any atom is -0.351 e. The molecule has 0 unspecified atom stereocenters. The summed E-state index contributed by atoms with van der Waals surface area (Å²) >= 11 is 0.885. The third-order valence-corrected chi connectivity index (χ3v) is 6.98. The molecule has 8 nitrogen and oxygen atoms in total. The van der Waals surface area contributed by atoms with Gasteiger partial charge in [0.15, 0.2) is 0 Å². The number of carbonyl (C=O) groups is 2. The highest BCUT2D eigenvalue weighted by atomic mass is 32.2. The summed E-state index contributed by atoms with van der Waals surface area (Å²) < 4.78 is 0. The van der Waals surface area contributed by atoms with Crippen LogP contribution in [0.2, 0.25) is 0 Å². The zero-order valence-electron chi connectivity index (χ0n) is 18.9. The Morgan fingerprint density at radius 2 is 1.88 bits per heavy atom. The van der Waals surface area contributed by atoms with Crippen LogP contribution in [0.15, 0.2) is 47.5 Å². The Labute approximate surface area is 202 Å². The van der Waals surface area contributed by atoms with Crippen LogP contribution in [-0.4, -0.2) is 38.2 Å². The van der Waals surface area contributed by atoms with E-state index in [-0.39, 0.29) is 11.1 Å². The predicted molar refractivity (Wildman–Crippen MR) is 134 cm³/mol. The number of thioether (sulfide) groups is 1. The quantitative estimate of drug-likeness (QED) is 0.457. The maximum absolute atomic E-state index is 11.8. The number of nitrogens with zero attached hydrogens (tertiary/aromatic N) is 3. The number of carbonyl (C=O) groups excluding carboxylic acids is 2. The van der Waals surface area contributed by atoms with Gasteiger partial charge >= 0.3 is 0 Å². The summed E-state index contributed by atoms with van der Waals surface area (Å²) in [6.45, 7) is 2.88. The van der Waals surface area contributed by atoms with Crippen molar-refractivity contribution in [1.82, 2.24) is 25.6 Å². The van der Waals surface area contributed by atoms with E-state index in [2.05, 4.69) is 55.2 Å². The number of amides is 2. The lowest BCUT2D eigenvalue weighted by Crippen LogP contribution is -2.37. The van der Waals surface area contributed by atoms with Crippen molar-refractivity contribution in [3.8, 4) is 0 Å². The Kier molecular flexibility index (Phi) is 6.55. The maximum Gasteiger partial charge on any atom is 0.290 e. The van der Waals surface area contributed by atoms with Crippen molar-refractivity contribution < 1.29 is 9.59 Å². The fourth-order valence-corrected chi connectivity index (χ4v) is 5.16.